The Morgan fingerprint density at radius 2 is 1.91 bits per heavy atom. The number of anilines is 1. The molecule has 0 unspecified atom stereocenters. The second-order valence-corrected chi connectivity index (χ2v) is 6.83. The lowest BCUT2D eigenvalue weighted by atomic mass is 10.0. The van der Waals surface area contributed by atoms with Gasteiger partial charge in [0.1, 0.15) is 6.10 Å². The number of rotatable bonds is 10. The zero-order valence-electron chi connectivity index (χ0n) is 17.6. The van der Waals surface area contributed by atoms with Gasteiger partial charge in [0, 0.05) is 19.2 Å². The first-order valence-corrected chi connectivity index (χ1v) is 10.2. The first kappa shape index (κ1) is 24.8. The summed E-state index contributed by atoms with van der Waals surface area (Å²) >= 11 is 3.86. The van der Waals surface area contributed by atoms with Crippen LogP contribution < -0.4 is 10.1 Å². The number of nitrogens with zero attached hydrogens (tertiary/aromatic N) is 1. The van der Waals surface area contributed by atoms with E-state index in [1.807, 2.05) is 6.07 Å². The molecule has 0 aliphatic heterocycles. The number of phenols is 1. The molecule has 0 aliphatic carbocycles. The number of carbonyl (C=O) groups excluding carboxylic acids is 2. The molecule has 0 radical (unpaired) electrons. The van der Waals surface area contributed by atoms with E-state index in [1.165, 1.54) is 26.4 Å². The van der Waals surface area contributed by atoms with E-state index < -0.39 is 24.3 Å². The van der Waals surface area contributed by atoms with Crippen molar-refractivity contribution in [1.29, 1.82) is 5.26 Å². The molecule has 0 heterocycles. The van der Waals surface area contributed by atoms with Crippen molar-refractivity contribution in [1.82, 2.24) is 0 Å². The highest BCUT2D eigenvalue weighted by Crippen LogP contribution is 2.33. The first-order chi connectivity index (χ1) is 15.4. The SMILES string of the molecule is COc1ccc([C@H](OC(=O)Nc2ccc(C#N)cc2)[C@H](CCOC(=O)CS)OC)cc1O. The van der Waals surface area contributed by atoms with E-state index in [9.17, 15) is 14.7 Å². The van der Waals surface area contributed by atoms with Crippen LogP contribution >= 0.6 is 12.6 Å². The van der Waals surface area contributed by atoms with Gasteiger partial charge in [0.05, 0.1) is 31.1 Å². The number of thiol groups is 1. The molecule has 2 N–H and O–H groups in total. The van der Waals surface area contributed by atoms with Gasteiger partial charge >= 0.3 is 12.1 Å². The maximum Gasteiger partial charge on any atom is 0.412 e. The smallest absolute Gasteiger partial charge is 0.412 e. The Kier molecular flexibility index (Phi) is 9.66. The Bertz CT molecular complexity index is 960. The predicted octanol–water partition coefficient (Wildman–Crippen LogP) is 3.44. The van der Waals surface area contributed by atoms with Crippen LogP contribution in [0.25, 0.3) is 0 Å². The molecular weight excluding hydrogens is 436 g/mol. The van der Waals surface area contributed by atoms with Crippen LogP contribution in [0.5, 0.6) is 11.5 Å². The van der Waals surface area contributed by atoms with E-state index in [0.29, 0.717) is 16.8 Å². The molecule has 0 saturated heterocycles. The van der Waals surface area contributed by atoms with Crippen molar-refractivity contribution >= 4 is 30.4 Å². The Balaban J connectivity index is 2.21. The molecule has 0 bridgehead atoms. The maximum atomic E-state index is 12.6. The summed E-state index contributed by atoms with van der Waals surface area (Å²) < 4.78 is 21.2. The van der Waals surface area contributed by atoms with Crippen molar-refractivity contribution in [2.45, 2.75) is 18.6 Å². The number of amides is 1. The second kappa shape index (κ2) is 12.4. The quantitative estimate of drug-likeness (QED) is 0.363. The van der Waals surface area contributed by atoms with Gasteiger partial charge in [0.25, 0.3) is 0 Å². The van der Waals surface area contributed by atoms with Crippen LogP contribution in [0.4, 0.5) is 10.5 Å². The number of ether oxygens (including phenoxy) is 4. The fourth-order valence-corrected chi connectivity index (χ4v) is 2.95. The van der Waals surface area contributed by atoms with E-state index in [-0.39, 0.29) is 30.3 Å². The third kappa shape index (κ3) is 7.08. The minimum Gasteiger partial charge on any atom is -0.504 e. The van der Waals surface area contributed by atoms with Crippen LogP contribution in [0.2, 0.25) is 0 Å². The standard InChI is InChI=1S/C22H24N2O7S/c1-28-18-8-5-15(11-17(18)25)21(19(29-2)9-10-30-20(26)13-32)31-22(27)24-16-6-3-14(12-23)4-7-16/h3-8,11,19,21,25,32H,9-10,13H2,1-2H3,(H,24,27)/t19-,21-/m0/s1. The normalized spacial score (nSPS) is 12.2. The molecule has 32 heavy (non-hydrogen) atoms. The molecule has 9 nitrogen and oxygen atoms in total. The third-order valence-electron chi connectivity index (χ3n) is 4.46. The molecule has 0 spiro atoms. The summed E-state index contributed by atoms with van der Waals surface area (Å²) in [6, 6.07) is 12.8. The molecule has 170 valence electrons. The van der Waals surface area contributed by atoms with Crippen LogP contribution in [-0.2, 0) is 19.0 Å². The van der Waals surface area contributed by atoms with Gasteiger partial charge in [-0.1, -0.05) is 6.07 Å². The second-order valence-electron chi connectivity index (χ2n) is 6.51. The van der Waals surface area contributed by atoms with Gasteiger partial charge in [-0.2, -0.15) is 17.9 Å². The van der Waals surface area contributed by atoms with Gasteiger partial charge in [-0.3, -0.25) is 10.1 Å². The number of hydrogen-bond acceptors (Lipinski definition) is 9. The summed E-state index contributed by atoms with van der Waals surface area (Å²) in [7, 11) is 2.85. The van der Waals surface area contributed by atoms with Crippen molar-refractivity contribution < 1.29 is 33.6 Å². The first-order valence-electron chi connectivity index (χ1n) is 9.55. The number of nitriles is 1. The zero-order chi connectivity index (χ0) is 23.5. The molecule has 2 aromatic rings. The molecule has 0 aromatic heterocycles. The molecule has 2 rings (SSSR count). The number of carbonyl (C=O) groups is 2. The van der Waals surface area contributed by atoms with Crippen LogP contribution in [-0.4, -0.2) is 49.9 Å². The summed E-state index contributed by atoms with van der Waals surface area (Å²) in [6.07, 6.45) is -2.19. The van der Waals surface area contributed by atoms with Crippen molar-refractivity contribution in [3.63, 3.8) is 0 Å². The number of nitrogens with one attached hydrogen (secondary N) is 1. The summed E-state index contributed by atoms with van der Waals surface area (Å²) in [6.45, 7) is 0.0249. The van der Waals surface area contributed by atoms with Crippen molar-refractivity contribution in [2.24, 2.45) is 0 Å². The van der Waals surface area contributed by atoms with E-state index in [1.54, 1.807) is 30.3 Å². The number of esters is 1. The Labute approximate surface area is 191 Å². The van der Waals surface area contributed by atoms with E-state index in [4.69, 9.17) is 24.2 Å². The molecule has 2 aromatic carbocycles. The number of benzene rings is 2. The molecular formula is C22H24N2O7S. The van der Waals surface area contributed by atoms with E-state index >= 15 is 0 Å². The average molecular weight is 461 g/mol. The fourth-order valence-electron chi connectivity index (χ4n) is 2.86. The van der Waals surface area contributed by atoms with Crippen LogP contribution in [0.1, 0.15) is 23.7 Å². The van der Waals surface area contributed by atoms with Crippen LogP contribution in [0, 0.1) is 11.3 Å². The van der Waals surface area contributed by atoms with Crippen molar-refractivity contribution in [2.75, 3.05) is 31.9 Å². The molecule has 0 fully saturated rings. The van der Waals surface area contributed by atoms with Crippen LogP contribution in [0.3, 0.4) is 0 Å². The lowest BCUT2D eigenvalue weighted by molar-refractivity contribution is -0.141. The summed E-state index contributed by atoms with van der Waals surface area (Å²) in [5.74, 6) is -0.424. The highest BCUT2D eigenvalue weighted by molar-refractivity contribution is 7.81. The third-order valence-corrected chi connectivity index (χ3v) is 4.72. The van der Waals surface area contributed by atoms with Gasteiger partial charge in [0.15, 0.2) is 17.6 Å². The Hall–Kier alpha value is -3.42. The van der Waals surface area contributed by atoms with Gasteiger partial charge < -0.3 is 24.1 Å². The monoisotopic (exact) mass is 460 g/mol. The molecule has 1 amide bonds. The highest BCUT2D eigenvalue weighted by atomic mass is 32.1. The topological polar surface area (TPSA) is 127 Å². The maximum absolute atomic E-state index is 12.6. The average Bonchev–Trinajstić information content (AvgIpc) is 2.81. The van der Waals surface area contributed by atoms with Crippen molar-refractivity contribution in [3.8, 4) is 17.6 Å². The summed E-state index contributed by atoms with van der Waals surface area (Å²) in [4.78, 5) is 23.9. The van der Waals surface area contributed by atoms with Crippen LogP contribution in [0.15, 0.2) is 42.5 Å². The highest BCUT2D eigenvalue weighted by Gasteiger charge is 2.28. The van der Waals surface area contributed by atoms with E-state index in [2.05, 4.69) is 17.9 Å². The molecule has 0 aliphatic rings. The number of phenolic OH excluding ortho intramolecular Hbond substituents is 1. The van der Waals surface area contributed by atoms with Gasteiger partial charge in [-0.25, -0.2) is 4.79 Å². The molecule has 0 saturated carbocycles. The van der Waals surface area contributed by atoms with Gasteiger partial charge in [0.2, 0.25) is 0 Å². The lowest BCUT2D eigenvalue weighted by Crippen LogP contribution is -2.29. The van der Waals surface area contributed by atoms with Gasteiger partial charge in [-0.15, -0.1) is 0 Å². The number of hydrogen-bond donors (Lipinski definition) is 3. The van der Waals surface area contributed by atoms with Crippen molar-refractivity contribution in [3.05, 3.63) is 53.6 Å². The zero-order valence-corrected chi connectivity index (χ0v) is 18.5. The van der Waals surface area contributed by atoms with E-state index in [0.717, 1.165) is 0 Å². The number of aromatic hydroxyl groups is 1. The minimum absolute atomic E-state index is 0.0249. The molecule has 10 heteroatoms. The summed E-state index contributed by atoms with van der Waals surface area (Å²) in [5.41, 5.74) is 1.33. The largest absolute Gasteiger partial charge is 0.504 e. The minimum atomic E-state index is -0.940. The number of methoxy groups -OCH3 is 2. The lowest BCUT2D eigenvalue weighted by Gasteiger charge is -2.26. The fraction of sp³-hybridized carbons (Fsp3) is 0.318. The Morgan fingerprint density at radius 1 is 1.19 bits per heavy atom. The summed E-state index contributed by atoms with van der Waals surface area (Å²) in [5, 5.41) is 21.6. The molecule has 2 atom stereocenters. The Morgan fingerprint density at radius 3 is 2.47 bits per heavy atom. The van der Waals surface area contributed by atoms with Gasteiger partial charge in [-0.05, 0) is 42.0 Å². The predicted molar refractivity (Wildman–Crippen MR) is 119 cm³/mol.